The Hall–Kier alpha value is -2.25. The summed E-state index contributed by atoms with van der Waals surface area (Å²) in [6.07, 6.45) is 0. The molecule has 2 rings (SSSR count). The molecule has 0 spiro atoms. The van der Waals surface area contributed by atoms with E-state index < -0.39 is 10.1 Å². The molecule has 0 aromatic heterocycles. The number of phenols is 1. The molecule has 0 saturated carbocycles. The lowest BCUT2D eigenvalue weighted by Crippen LogP contribution is -2.00. The van der Waals surface area contributed by atoms with Gasteiger partial charge in [-0.1, -0.05) is 12.1 Å². The largest absolute Gasteiger partial charge is 0.506 e. The number of rotatable bonds is 3. The lowest BCUT2D eigenvalue weighted by Gasteiger charge is -2.03. The Balaban J connectivity index is 2.40. The third-order valence-electron chi connectivity index (χ3n) is 2.85. The highest BCUT2D eigenvalue weighted by molar-refractivity contribution is 7.85. The van der Waals surface area contributed by atoms with E-state index >= 15 is 0 Å². The van der Waals surface area contributed by atoms with Gasteiger partial charge in [-0.15, -0.1) is 5.11 Å². The average molecular weight is 306 g/mol. The first kappa shape index (κ1) is 15.1. The summed E-state index contributed by atoms with van der Waals surface area (Å²) < 4.78 is 31.6. The van der Waals surface area contributed by atoms with E-state index in [-0.39, 0.29) is 22.0 Å². The predicted octanol–water partition coefficient (Wildman–Crippen LogP) is 3.67. The van der Waals surface area contributed by atoms with Gasteiger partial charge < -0.3 is 5.11 Å². The molecule has 2 N–H and O–H groups in total. The smallest absolute Gasteiger partial charge is 0.294 e. The third-order valence-corrected chi connectivity index (χ3v) is 3.85. The fourth-order valence-corrected chi connectivity index (χ4v) is 2.50. The monoisotopic (exact) mass is 306 g/mol. The summed E-state index contributed by atoms with van der Waals surface area (Å²) >= 11 is 0. The van der Waals surface area contributed by atoms with Crippen LogP contribution in [0.5, 0.6) is 5.75 Å². The van der Waals surface area contributed by atoms with Crippen molar-refractivity contribution in [1.82, 2.24) is 0 Å². The molecule has 0 heterocycles. The highest BCUT2D eigenvalue weighted by Crippen LogP contribution is 2.29. The van der Waals surface area contributed by atoms with Crippen molar-refractivity contribution in [1.29, 1.82) is 0 Å². The molecule has 0 aliphatic rings. The Bertz CT molecular complexity index is 814. The number of hydrogen-bond acceptors (Lipinski definition) is 5. The van der Waals surface area contributed by atoms with Crippen LogP contribution < -0.4 is 0 Å². The third kappa shape index (κ3) is 3.65. The van der Waals surface area contributed by atoms with Gasteiger partial charge in [-0.3, -0.25) is 4.55 Å². The van der Waals surface area contributed by atoms with Crippen LogP contribution in [0.25, 0.3) is 0 Å². The van der Waals surface area contributed by atoms with Crippen molar-refractivity contribution < 1.29 is 18.1 Å². The van der Waals surface area contributed by atoms with Crippen molar-refractivity contribution in [2.24, 2.45) is 10.2 Å². The SMILES string of the molecule is Cc1ccc(O)c(N=Nc2ccc(C)c(S(=O)(=O)O)c2)c1. The van der Waals surface area contributed by atoms with Crippen LogP contribution in [0.15, 0.2) is 51.5 Å². The number of aryl methyl sites for hydroxylation is 2. The van der Waals surface area contributed by atoms with Crippen LogP contribution in [0.2, 0.25) is 0 Å². The van der Waals surface area contributed by atoms with Gasteiger partial charge in [-0.25, -0.2) is 0 Å². The molecule has 6 nitrogen and oxygen atoms in total. The van der Waals surface area contributed by atoms with Gasteiger partial charge in [0.1, 0.15) is 11.4 Å². The molecule has 0 radical (unpaired) electrons. The quantitative estimate of drug-likeness (QED) is 0.667. The first-order valence-corrected chi connectivity index (χ1v) is 7.51. The standard InChI is InChI=1S/C14H14N2O4S/c1-9-3-6-13(17)12(7-9)16-15-11-5-4-10(2)14(8-11)21(18,19)20/h3-8,17H,1-2H3,(H,18,19,20). The number of nitrogens with zero attached hydrogens (tertiary/aromatic N) is 2. The van der Waals surface area contributed by atoms with E-state index in [1.54, 1.807) is 25.1 Å². The van der Waals surface area contributed by atoms with E-state index in [0.717, 1.165) is 5.56 Å². The van der Waals surface area contributed by atoms with Gasteiger partial charge >= 0.3 is 0 Å². The number of aromatic hydroxyl groups is 1. The van der Waals surface area contributed by atoms with Gasteiger partial charge in [0, 0.05) is 0 Å². The normalized spacial score (nSPS) is 12.0. The van der Waals surface area contributed by atoms with Crippen LogP contribution >= 0.6 is 0 Å². The van der Waals surface area contributed by atoms with E-state index in [0.29, 0.717) is 5.56 Å². The van der Waals surface area contributed by atoms with Gasteiger partial charge in [0.05, 0.1) is 10.6 Å². The van der Waals surface area contributed by atoms with Gasteiger partial charge in [-0.2, -0.15) is 13.5 Å². The molecule has 0 amide bonds. The molecule has 110 valence electrons. The van der Waals surface area contributed by atoms with Crippen molar-refractivity contribution >= 4 is 21.5 Å². The molecule has 0 atom stereocenters. The fourth-order valence-electron chi connectivity index (χ4n) is 1.75. The molecule has 0 unspecified atom stereocenters. The van der Waals surface area contributed by atoms with Gasteiger partial charge in [0.2, 0.25) is 0 Å². The highest BCUT2D eigenvalue weighted by atomic mass is 32.2. The Morgan fingerprint density at radius 3 is 2.38 bits per heavy atom. The molecule has 21 heavy (non-hydrogen) atoms. The fraction of sp³-hybridized carbons (Fsp3) is 0.143. The van der Waals surface area contributed by atoms with Crippen molar-refractivity contribution in [2.75, 3.05) is 0 Å². The summed E-state index contributed by atoms with van der Waals surface area (Å²) in [5, 5.41) is 17.4. The molecule has 0 bridgehead atoms. The molecule has 7 heteroatoms. The topological polar surface area (TPSA) is 99.3 Å². The molecule has 2 aromatic carbocycles. The van der Waals surface area contributed by atoms with E-state index in [2.05, 4.69) is 10.2 Å². The van der Waals surface area contributed by atoms with Crippen LogP contribution in [0.1, 0.15) is 11.1 Å². The number of benzene rings is 2. The summed E-state index contributed by atoms with van der Waals surface area (Å²) in [5.41, 5.74) is 1.86. The van der Waals surface area contributed by atoms with Crippen molar-refractivity contribution in [3.63, 3.8) is 0 Å². The summed E-state index contributed by atoms with van der Waals surface area (Å²) in [6.45, 7) is 3.41. The Kier molecular flexibility index (Phi) is 4.06. The van der Waals surface area contributed by atoms with Gasteiger partial charge in [0.25, 0.3) is 10.1 Å². The van der Waals surface area contributed by atoms with Crippen LogP contribution in [-0.2, 0) is 10.1 Å². The lowest BCUT2D eigenvalue weighted by atomic mass is 10.2. The first-order valence-electron chi connectivity index (χ1n) is 6.07. The second-order valence-corrected chi connectivity index (χ2v) is 6.01. The Morgan fingerprint density at radius 2 is 1.71 bits per heavy atom. The van der Waals surface area contributed by atoms with Crippen molar-refractivity contribution in [3.05, 3.63) is 47.5 Å². The van der Waals surface area contributed by atoms with Crippen LogP contribution in [-0.4, -0.2) is 18.1 Å². The van der Waals surface area contributed by atoms with E-state index in [4.69, 9.17) is 4.55 Å². The maximum absolute atomic E-state index is 11.2. The first-order chi connectivity index (χ1) is 9.77. The zero-order valence-electron chi connectivity index (χ0n) is 11.5. The van der Waals surface area contributed by atoms with Crippen LogP contribution in [0, 0.1) is 13.8 Å². The Labute approximate surface area is 122 Å². The average Bonchev–Trinajstić information content (AvgIpc) is 2.40. The Morgan fingerprint density at radius 1 is 1.00 bits per heavy atom. The van der Waals surface area contributed by atoms with Crippen LogP contribution in [0.3, 0.4) is 0 Å². The number of hydrogen-bond donors (Lipinski definition) is 2. The maximum atomic E-state index is 11.2. The molecule has 0 fully saturated rings. The second kappa shape index (κ2) is 5.63. The van der Waals surface area contributed by atoms with Gasteiger partial charge in [0.15, 0.2) is 0 Å². The zero-order valence-corrected chi connectivity index (χ0v) is 12.3. The van der Waals surface area contributed by atoms with Crippen molar-refractivity contribution in [2.45, 2.75) is 18.7 Å². The van der Waals surface area contributed by atoms with E-state index in [1.807, 2.05) is 6.92 Å². The van der Waals surface area contributed by atoms with E-state index in [1.165, 1.54) is 18.2 Å². The number of azo groups is 1. The lowest BCUT2D eigenvalue weighted by molar-refractivity contribution is 0.476. The maximum Gasteiger partial charge on any atom is 0.294 e. The van der Waals surface area contributed by atoms with Gasteiger partial charge in [-0.05, 0) is 49.2 Å². The molecule has 0 aliphatic heterocycles. The molecular weight excluding hydrogens is 292 g/mol. The summed E-state index contributed by atoms with van der Waals surface area (Å²) in [4.78, 5) is -0.215. The summed E-state index contributed by atoms with van der Waals surface area (Å²) in [6, 6.07) is 9.20. The second-order valence-electron chi connectivity index (χ2n) is 4.62. The zero-order chi connectivity index (χ0) is 15.6. The molecule has 0 saturated heterocycles. The molecule has 0 aliphatic carbocycles. The summed E-state index contributed by atoms with van der Waals surface area (Å²) in [7, 11) is -4.30. The minimum atomic E-state index is -4.30. The molecule has 2 aromatic rings. The van der Waals surface area contributed by atoms with Crippen LogP contribution in [0.4, 0.5) is 11.4 Å². The predicted molar refractivity (Wildman–Crippen MR) is 78.0 cm³/mol. The number of phenolic OH excluding ortho intramolecular Hbond substituents is 1. The summed E-state index contributed by atoms with van der Waals surface area (Å²) in [5.74, 6) is -0.0218. The van der Waals surface area contributed by atoms with Crippen molar-refractivity contribution in [3.8, 4) is 5.75 Å². The minimum absolute atomic E-state index is 0.0218. The van der Waals surface area contributed by atoms with E-state index in [9.17, 15) is 13.5 Å². The molecular formula is C14H14N2O4S. The minimum Gasteiger partial charge on any atom is -0.506 e. The highest BCUT2D eigenvalue weighted by Gasteiger charge is 2.13.